The van der Waals surface area contributed by atoms with E-state index in [1.54, 1.807) is 0 Å². The van der Waals surface area contributed by atoms with Gasteiger partial charge in [-0.25, -0.2) is 0 Å². The van der Waals surface area contributed by atoms with Gasteiger partial charge in [-0.15, -0.1) is 22.7 Å². The van der Waals surface area contributed by atoms with Gasteiger partial charge in [0.1, 0.15) is 0 Å². The van der Waals surface area contributed by atoms with Crippen LogP contribution in [0.2, 0.25) is 0 Å². The van der Waals surface area contributed by atoms with E-state index >= 15 is 0 Å². The van der Waals surface area contributed by atoms with Gasteiger partial charge in [-0.3, -0.25) is 0 Å². The van der Waals surface area contributed by atoms with Gasteiger partial charge in [-0.05, 0) is 105 Å². The molecular weight excluding hydrogens is 811 g/mol. The Morgan fingerprint density at radius 1 is 0.328 bits per heavy atom. The minimum Gasteiger partial charge on any atom is -0.310 e. The zero-order valence-corrected chi connectivity index (χ0v) is 36.4. The third-order valence-corrected chi connectivity index (χ3v) is 15.7. The molecule has 0 unspecified atom stereocenters. The topological polar surface area (TPSA) is 3.24 Å². The number of nitrogens with zero attached hydrogens (tertiary/aromatic N) is 1. The minimum absolute atomic E-state index is 0.503. The fraction of sp³-hybridized carbons (Fsp3) is 0.0164. The summed E-state index contributed by atoms with van der Waals surface area (Å²) >= 11 is 3.74. The van der Waals surface area contributed by atoms with Crippen molar-refractivity contribution in [1.29, 1.82) is 0 Å². The zero-order chi connectivity index (χ0) is 42.2. The molecule has 0 saturated carbocycles. The lowest BCUT2D eigenvalue weighted by molar-refractivity contribution is 0.768. The van der Waals surface area contributed by atoms with E-state index in [9.17, 15) is 0 Å². The van der Waals surface area contributed by atoms with Gasteiger partial charge in [-0.2, -0.15) is 0 Å². The molecule has 13 rings (SSSR count). The van der Waals surface area contributed by atoms with E-state index in [-0.39, 0.29) is 0 Å². The summed E-state index contributed by atoms with van der Waals surface area (Å²) in [6.07, 6.45) is 0. The normalized spacial score (nSPS) is 12.8. The number of fused-ring (bicyclic) bond motifs is 9. The van der Waals surface area contributed by atoms with Crippen LogP contribution < -0.4 is 4.90 Å². The smallest absolute Gasteiger partial charge is 0.0714 e. The summed E-state index contributed by atoms with van der Waals surface area (Å²) < 4.78 is 5.29. The first-order valence-corrected chi connectivity index (χ1v) is 23.5. The average Bonchev–Trinajstić information content (AvgIpc) is 4.04. The van der Waals surface area contributed by atoms with Gasteiger partial charge in [0.05, 0.1) is 11.1 Å². The van der Waals surface area contributed by atoms with Gasteiger partial charge in [0.25, 0.3) is 0 Å². The average molecular weight is 850 g/mol. The second-order valence-corrected chi connectivity index (χ2v) is 18.9. The molecule has 64 heavy (non-hydrogen) atoms. The molecule has 0 atom stereocenters. The van der Waals surface area contributed by atoms with Crippen molar-refractivity contribution in [1.82, 2.24) is 0 Å². The van der Waals surface area contributed by atoms with Crippen LogP contribution >= 0.6 is 22.7 Å². The molecule has 0 aliphatic heterocycles. The number of hydrogen-bond acceptors (Lipinski definition) is 3. The summed E-state index contributed by atoms with van der Waals surface area (Å²) in [4.78, 5) is 2.48. The standard InChI is InChI=1S/C61H39NS2/c1-3-15-43(16-4-1)61(44-17-5-2-6-18-44)53-24-10-7-21-51(53)59-54(61)25-14-26-55(59)62(45-34-29-40(30-35-45)42-33-38-58-52(39-42)49-20-9-11-27-56(49)63-58)46-36-31-41(32-37-46)47-22-13-23-50-48-19-8-12-28-57(48)64-60(47)50/h1-39H. The molecule has 2 heterocycles. The van der Waals surface area contributed by atoms with Crippen molar-refractivity contribution in [2.45, 2.75) is 5.41 Å². The van der Waals surface area contributed by atoms with Crippen LogP contribution in [0.4, 0.5) is 17.1 Å². The Bertz CT molecular complexity index is 3670. The molecule has 0 spiro atoms. The number of anilines is 3. The molecule has 0 bridgehead atoms. The first-order chi connectivity index (χ1) is 31.7. The highest BCUT2D eigenvalue weighted by atomic mass is 32.1. The van der Waals surface area contributed by atoms with Crippen molar-refractivity contribution in [3.8, 4) is 33.4 Å². The van der Waals surface area contributed by atoms with Crippen LogP contribution in [-0.2, 0) is 5.41 Å². The quantitative estimate of drug-likeness (QED) is 0.154. The maximum absolute atomic E-state index is 2.48. The molecule has 0 fully saturated rings. The third-order valence-electron chi connectivity index (χ3n) is 13.4. The highest BCUT2D eigenvalue weighted by molar-refractivity contribution is 7.26. The van der Waals surface area contributed by atoms with Crippen molar-refractivity contribution in [2.75, 3.05) is 4.90 Å². The van der Waals surface area contributed by atoms with Gasteiger partial charge >= 0.3 is 0 Å². The third kappa shape index (κ3) is 5.61. The van der Waals surface area contributed by atoms with Crippen LogP contribution in [0.15, 0.2) is 237 Å². The second kappa shape index (κ2) is 14.8. The van der Waals surface area contributed by atoms with Gasteiger partial charge in [0.2, 0.25) is 0 Å². The summed E-state index contributed by atoms with van der Waals surface area (Å²) in [5, 5.41) is 5.27. The Labute approximate surface area is 380 Å². The number of thiophene rings is 2. The Kier molecular flexibility index (Phi) is 8.55. The predicted molar refractivity (Wildman–Crippen MR) is 275 cm³/mol. The summed E-state index contributed by atoms with van der Waals surface area (Å²) in [6.45, 7) is 0. The molecule has 0 radical (unpaired) electrons. The fourth-order valence-electron chi connectivity index (χ4n) is 10.6. The summed E-state index contributed by atoms with van der Waals surface area (Å²) in [6, 6.07) is 87.8. The maximum Gasteiger partial charge on any atom is 0.0714 e. The van der Waals surface area contributed by atoms with Crippen molar-refractivity contribution in [3.05, 3.63) is 259 Å². The van der Waals surface area contributed by atoms with Crippen LogP contribution in [0.1, 0.15) is 22.3 Å². The predicted octanol–water partition coefficient (Wildman–Crippen LogP) is 17.6. The lowest BCUT2D eigenvalue weighted by Gasteiger charge is -2.34. The van der Waals surface area contributed by atoms with E-state index < -0.39 is 5.41 Å². The molecule has 12 aromatic rings. The first kappa shape index (κ1) is 37.0. The molecule has 1 nitrogen and oxygen atoms in total. The molecule has 3 heteroatoms. The molecule has 10 aromatic carbocycles. The van der Waals surface area contributed by atoms with Crippen LogP contribution in [0.3, 0.4) is 0 Å². The van der Waals surface area contributed by atoms with E-state index in [2.05, 4.69) is 241 Å². The Morgan fingerprint density at radius 3 is 1.56 bits per heavy atom. The van der Waals surface area contributed by atoms with E-state index in [1.807, 2.05) is 22.7 Å². The van der Waals surface area contributed by atoms with Crippen molar-refractivity contribution >= 4 is 80.1 Å². The van der Waals surface area contributed by atoms with Crippen molar-refractivity contribution in [2.24, 2.45) is 0 Å². The summed E-state index contributed by atoms with van der Waals surface area (Å²) in [5.41, 5.74) is 15.4. The molecule has 0 N–H and O–H groups in total. The van der Waals surface area contributed by atoms with Gasteiger partial charge in [0, 0.05) is 57.3 Å². The maximum atomic E-state index is 2.48. The highest BCUT2D eigenvalue weighted by Gasteiger charge is 2.47. The summed E-state index contributed by atoms with van der Waals surface area (Å²) in [7, 11) is 0. The van der Waals surface area contributed by atoms with Gasteiger partial charge in [0.15, 0.2) is 0 Å². The van der Waals surface area contributed by atoms with E-state index in [1.165, 1.54) is 96.0 Å². The van der Waals surface area contributed by atoms with Gasteiger partial charge in [-0.1, -0.05) is 182 Å². The lowest BCUT2D eigenvalue weighted by atomic mass is 9.68. The van der Waals surface area contributed by atoms with Crippen LogP contribution in [0.5, 0.6) is 0 Å². The fourth-order valence-corrected chi connectivity index (χ4v) is 12.9. The second-order valence-electron chi connectivity index (χ2n) is 16.7. The molecule has 0 saturated heterocycles. The number of rotatable bonds is 7. The zero-order valence-electron chi connectivity index (χ0n) is 34.8. The minimum atomic E-state index is -0.503. The Morgan fingerprint density at radius 2 is 0.844 bits per heavy atom. The number of benzene rings is 10. The first-order valence-electron chi connectivity index (χ1n) is 21.9. The van der Waals surface area contributed by atoms with Gasteiger partial charge < -0.3 is 4.90 Å². The SMILES string of the molecule is c1ccc(C2(c3ccccc3)c3ccccc3-c3c(N(c4ccc(-c5ccc6sc7ccccc7c6c5)cc4)c4ccc(-c5cccc6c5sc5ccccc56)cc4)cccc32)cc1. The van der Waals surface area contributed by atoms with Crippen LogP contribution in [0.25, 0.3) is 73.7 Å². The van der Waals surface area contributed by atoms with E-state index in [0.717, 1.165) is 17.1 Å². The van der Waals surface area contributed by atoms with Crippen molar-refractivity contribution in [3.63, 3.8) is 0 Å². The van der Waals surface area contributed by atoms with E-state index in [0.29, 0.717) is 0 Å². The largest absolute Gasteiger partial charge is 0.310 e. The molecule has 2 aromatic heterocycles. The highest BCUT2D eigenvalue weighted by Crippen LogP contribution is 2.59. The Hall–Kier alpha value is -7.56. The van der Waals surface area contributed by atoms with Crippen LogP contribution in [-0.4, -0.2) is 0 Å². The van der Waals surface area contributed by atoms with Crippen molar-refractivity contribution < 1.29 is 0 Å². The lowest BCUT2D eigenvalue weighted by Crippen LogP contribution is -2.28. The number of hydrogen-bond donors (Lipinski definition) is 0. The molecule has 1 aliphatic carbocycles. The monoisotopic (exact) mass is 849 g/mol. The Balaban J connectivity index is 1.01. The van der Waals surface area contributed by atoms with E-state index in [4.69, 9.17) is 0 Å². The van der Waals surface area contributed by atoms with Crippen LogP contribution in [0, 0.1) is 0 Å². The summed E-state index contributed by atoms with van der Waals surface area (Å²) in [5.74, 6) is 0. The molecule has 300 valence electrons. The molecule has 0 amide bonds. The molecule has 1 aliphatic rings. The molecular formula is C61H39NS2.